The van der Waals surface area contributed by atoms with Crippen LogP contribution in [0.1, 0.15) is 275 Å². The van der Waals surface area contributed by atoms with Crippen molar-refractivity contribution in [3.8, 4) is 0 Å². The Kier molecular flexibility index (Phi) is 41.8. The Morgan fingerprint density at radius 2 is 0.530 bits per heavy atom. The first-order valence-corrected chi connectivity index (χ1v) is 53.2. The average Bonchev–Trinajstić information content (AvgIpc) is 2.96. The van der Waals surface area contributed by atoms with Crippen molar-refractivity contribution < 1.29 is 55.9 Å². The van der Waals surface area contributed by atoms with Crippen LogP contribution in [0.15, 0.2) is 0 Å². The second-order valence-electron chi connectivity index (χ2n) is 32.2. The fourth-order valence-electron chi connectivity index (χ4n) is 20.2. The van der Waals surface area contributed by atoms with Gasteiger partial charge in [-0.3, -0.25) is 0 Å². The number of unbranched alkanes of at least 4 members (excludes halogenated alkanes) is 4. The van der Waals surface area contributed by atoms with Crippen LogP contribution in [0.3, 0.4) is 0 Å². The van der Waals surface area contributed by atoms with Gasteiger partial charge in [0, 0.05) is 19.8 Å². The molecular formula is C72H140Cl4O3Si2Zr2. The third-order valence-electron chi connectivity index (χ3n) is 23.5. The fraction of sp³-hybridized carbons (Fsp3) is 0.944. The van der Waals surface area contributed by atoms with Crippen molar-refractivity contribution in [3.05, 3.63) is 29.7 Å². The van der Waals surface area contributed by atoms with E-state index < -0.39 is 57.8 Å². The van der Waals surface area contributed by atoms with Gasteiger partial charge in [-0.1, -0.05) is 168 Å². The maximum atomic E-state index is 6.06. The van der Waals surface area contributed by atoms with E-state index in [9.17, 15) is 0 Å². The first-order chi connectivity index (χ1) is 37.4. The summed E-state index contributed by atoms with van der Waals surface area (Å²) in [5.41, 5.74) is 4.53. The fourth-order valence-corrected chi connectivity index (χ4v) is 31.0. The van der Waals surface area contributed by atoms with E-state index in [1.807, 2.05) is 0 Å². The Morgan fingerprint density at radius 3 is 0.723 bits per heavy atom. The zero-order valence-electron chi connectivity index (χ0n) is 58.2. The molecule has 8 aliphatic carbocycles. The SMILES string of the molecule is CC(C)(C)OCCCCC1CC([Si](C)(C)C2CC(CCCCOC(C)(C)C)C3CCCCC32)C2CCCCC12.CCCCC1CC([Si](C)(C)C2CC(CCCCOC(C)(C)C)C3CCCCC32)C2CCCCC12.[CH3-].[CH3-].[CH3-].[CH3-].[Cl][Zr+2][Cl].[Cl][Zr+2][Cl]. The van der Waals surface area contributed by atoms with Crippen LogP contribution < -0.4 is 0 Å². The molecule has 8 aliphatic rings. The monoisotopic (exact) mass is 1430 g/mol. The quantitative estimate of drug-likeness (QED) is 0.0614. The van der Waals surface area contributed by atoms with Gasteiger partial charge in [-0.05, 0) is 226 Å². The predicted molar refractivity (Wildman–Crippen MR) is 371 cm³/mol. The van der Waals surface area contributed by atoms with Crippen molar-refractivity contribution in [2.24, 2.45) is 71.0 Å². The van der Waals surface area contributed by atoms with Crippen LogP contribution in [-0.2, 0) is 55.9 Å². The first kappa shape index (κ1) is 84.3. The van der Waals surface area contributed by atoms with Crippen LogP contribution >= 0.6 is 34.1 Å². The Morgan fingerprint density at radius 1 is 0.337 bits per heavy atom. The summed E-state index contributed by atoms with van der Waals surface area (Å²) in [6.45, 7) is 36.6. The Balaban J connectivity index is 0.000000730. The molecular weight excluding hydrogens is 1290 g/mol. The van der Waals surface area contributed by atoms with Crippen molar-refractivity contribution in [1.82, 2.24) is 0 Å². The molecule has 0 aromatic carbocycles. The van der Waals surface area contributed by atoms with Gasteiger partial charge >= 0.3 is 75.7 Å². The number of hydrogen-bond donors (Lipinski definition) is 0. The Bertz CT molecular complexity index is 1590. The van der Waals surface area contributed by atoms with Gasteiger partial charge in [-0.25, -0.2) is 0 Å². The van der Waals surface area contributed by atoms with Crippen LogP contribution in [0, 0.1) is 101 Å². The van der Waals surface area contributed by atoms with Crippen molar-refractivity contribution in [2.75, 3.05) is 19.8 Å². The van der Waals surface area contributed by atoms with Gasteiger partial charge in [0.25, 0.3) is 0 Å². The van der Waals surface area contributed by atoms with Crippen molar-refractivity contribution in [2.45, 2.75) is 340 Å². The van der Waals surface area contributed by atoms with Gasteiger partial charge in [0.2, 0.25) is 0 Å². The summed E-state index contributed by atoms with van der Waals surface area (Å²) in [5.74, 6) is 12.8. The molecule has 8 fully saturated rings. The number of ether oxygens (including phenoxy) is 3. The van der Waals surface area contributed by atoms with E-state index in [1.165, 1.54) is 116 Å². The zero-order chi connectivity index (χ0) is 58.0. The molecule has 0 radical (unpaired) electrons. The summed E-state index contributed by atoms with van der Waals surface area (Å²) in [6, 6.07) is 0. The third kappa shape index (κ3) is 26.2. The average molecular weight is 1430 g/mol. The number of rotatable bonds is 22. The van der Waals surface area contributed by atoms with E-state index in [1.54, 1.807) is 89.9 Å². The summed E-state index contributed by atoms with van der Waals surface area (Å²) in [7, 11) is 17.1. The van der Waals surface area contributed by atoms with E-state index >= 15 is 0 Å². The summed E-state index contributed by atoms with van der Waals surface area (Å²) in [5, 5.41) is 0. The number of fused-ring (bicyclic) bond motifs is 4. The molecule has 0 saturated heterocycles. The maximum absolute atomic E-state index is 6.06. The molecule has 3 nitrogen and oxygen atoms in total. The van der Waals surface area contributed by atoms with Gasteiger partial charge in [0.1, 0.15) is 0 Å². The molecule has 0 heterocycles. The van der Waals surface area contributed by atoms with Crippen molar-refractivity contribution >= 4 is 50.2 Å². The molecule has 8 saturated carbocycles. The van der Waals surface area contributed by atoms with E-state index in [2.05, 4.69) is 95.4 Å². The van der Waals surface area contributed by atoms with Crippen molar-refractivity contribution in [3.63, 3.8) is 0 Å². The predicted octanol–water partition coefficient (Wildman–Crippen LogP) is 25.9. The zero-order valence-corrected chi connectivity index (χ0v) is 68.2. The topological polar surface area (TPSA) is 27.7 Å². The van der Waals surface area contributed by atoms with Crippen molar-refractivity contribution in [1.29, 1.82) is 0 Å². The van der Waals surface area contributed by atoms with E-state index in [4.69, 9.17) is 48.3 Å². The summed E-state index contributed by atoms with van der Waals surface area (Å²) in [6.07, 6.45) is 48.0. The molecule has 0 spiro atoms. The van der Waals surface area contributed by atoms with Crippen LogP contribution in [0.5, 0.6) is 0 Å². The molecule has 0 N–H and O–H groups in total. The van der Waals surface area contributed by atoms with Crippen LogP contribution in [-0.4, -0.2) is 52.8 Å². The Labute approximate surface area is 561 Å². The second-order valence-corrected chi connectivity index (χ2v) is 49.9. The van der Waals surface area contributed by atoms with Gasteiger partial charge in [0.15, 0.2) is 0 Å². The summed E-state index contributed by atoms with van der Waals surface area (Å²) in [4.78, 5) is 0. The minimum absolute atomic E-state index is 0. The normalized spacial score (nSPS) is 32.8. The molecule has 0 amide bonds. The molecule has 0 aliphatic heterocycles. The minimum atomic E-state index is -1.35. The van der Waals surface area contributed by atoms with Gasteiger partial charge in [-0.2, -0.15) is 0 Å². The molecule has 83 heavy (non-hydrogen) atoms. The molecule has 8 rings (SSSR count). The first-order valence-electron chi connectivity index (χ1n) is 34.3. The second kappa shape index (κ2) is 41.2. The molecule has 11 heteroatoms. The third-order valence-corrected chi connectivity index (χ3v) is 33.8. The summed E-state index contributed by atoms with van der Waals surface area (Å²) >= 11 is -1.65. The van der Waals surface area contributed by atoms with E-state index in [0.717, 1.165) is 113 Å². The van der Waals surface area contributed by atoms with Crippen LogP contribution in [0.25, 0.3) is 0 Å². The summed E-state index contributed by atoms with van der Waals surface area (Å²) < 4.78 is 18.2. The van der Waals surface area contributed by atoms with E-state index in [0.29, 0.717) is 0 Å². The van der Waals surface area contributed by atoms with Gasteiger partial charge < -0.3 is 43.9 Å². The Hall–Kier alpha value is 3.24. The molecule has 0 aromatic heterocycles. The molecule has 0 aromatic rings. The molecule has 0 bridgehead atoms. The molecule has 490 valence electrons. The van der Waals surface area contributed by atoms with Gasteiger partial charge in [0.05, 0.1) is 33.0 Å². The number of halogens is 4. The molecule has 16 unspecified atom stereocenters. The van der Waals surface area contributed by atoms with Crippen LogP contribution in [0.2, 0.25) is 48.4 Å². The molecule has 16 atom stereocenters. The van der Waals surface area contributed by atoms with Gasteiger partial charge in [-0.15, -0.1) is 0 Å². The standard InChI is InChI=1S/C36H68O2Si.C32H60OSi.4CH3.4ClH.2Zr/c1-35(2,3)37-23-15-13-17-27-25-33(31-21-11-9-19-29(27)31)39(7,8)34-26-28(30-20-10-12-22-32(30)34)18-14-16-24-38-36(4,5)6;1-7-8-15-24-22-30(28-19-11-9-17-26(24)28)34(5,6)31-23-25(27-18-10-12-20-29(27)31)16-13-14-21-33-32(2,3)4;;;;;;;;;;/h27-34H,9-26H2,1-8H3;24-31H,7-23H2,1-6H3;4*1H3;4*1H;;/q;;4*-1;;;;;2*+4/p-4. The van der Waals surface area contributed by atoms with E-state index in [-0.39, 0.29) is 46.5 Å². The van der Waals surface area contributed by atoms with Crippen LogP contribution in [0.4, 0.5) is 0 Å². The number of hydrogen-bond acceptors (Lipinski definition) is 3.